The summed E-state index contributed by atoms with van der Waals surface area (Å²) in [4.78, 5) is 2.54. The second kappa shape index (κ2) is 6.76. The first-order valence-corrected chi connectivity index (χ1v) is 7.97. The van der Waals surface area contributed by atoms with Crippen molar-refractivity contribution in [2.24, 2.45) is 0 Å². The number of benzene rings is 1. The summed E-state index contributed by atoms with van der Waals surface area (Å²) in [6.07, 6.45) is 7.80. The largest absolute Gasteiger partial charge is 0.294 e. The monoisotopic (exact) mass is 294 g/mol. The second-order valence-corrected chi connectivity index (χ2v) is 6.17. The van der Waals surface area contributed by atoms with E-state index in [1.165, 1.54) is 30.4 Å². The number of rotatable bonds is 4. The number of aromatic nitrogens is 2. The molecule has 1 aromatic carbocycles. The molecule has 3 rings (SSSR count). The molecule has 1 aliphatic rings. The third kappa shape index (κ3) is 3.55. The van der Waals surface area contributed by atoms with Crippen molar-refractivity contribution < 1.29 is 0 Å². The Balaban J connectivity index is 1.70. The molecular formula is C18H22N4. The summed E-state index contributed by atoms with van der Waals surface area (Å²) >= 11 is 0. The molecule has 1 fully saturated rings. The molecule has 22 heavy (non-hydrogen) atoms. The fourth-order valence-corrected chi connectivity index (χ4v) is 3.23. The Kier molecular flexibility index (Phi) is 4.55. The van der Waals surface area contributed by atoms with Crippen LogP contribution >= 0.6 is 0 Å². The zero-order valence-corrected chi connectivity index (χ0v) is 13.1. The van der Waals surface area contributed by atoms with Gasteiger partial charge in [0.2, 0.25) is 0 Å². The van der Waals surface area contributed by atoms with Crippen molar-refractivity contribution in [3.63, 3.8) is 0 Å². The van der Waals surface area contributed by atoms with Gasteiger partial charge >= 0.3 is 0 Å². The zero-order chi connectivity index (χ0) is 15.4. The summed E-state index contributed by atoms with van der Waals surface area (Å²) in [5.74, 6) is 0. The van der Waals surface area contributed by atoms with E-state index in [9.17, 15) is 0 Å². The average molecular weight is 294 g/mol. The van der Waals surface area contributed by atoms with E-state index in [4.69, 9.17) is 5.26 Å². The first kappa shape index (κ1) is 14.8. The maximum Gasteiger partial charge on any atom is 0.0991 e. The Bertz CT molecular complexity index is 668. The summed E-state index contributed by atoms with van der Waals surface area (Å²) in [7, 11) is 0. The van der Waals surface area contributed by atoms with Gasteiger partial charge in [0, 0.05) is 18.8 Å². The predicted molar refractivity (Wildman–Crippen MR) is 86.2 cm³/mol. The van der Waals surface area contributed by atoms with Gasteiger partial charge in [-0.15, -0.1) is 0 Å². The molecule has 0 radical (unpaired) electrons. The predicted octanol–water partition coefficient (Wildman–Crippen LogP) is 3.12. The normalized spacial score (nSPS) is 19.0. The third-order valence-electron chi connectivity index (χ3n) is 4.35. The van der Waals surface area contributed by atoms with Gasteiger partial charge in [-0.25, -0.2) is 0 Å². The van der Waals surface area contributed by atoms with Crippen LogP contribution in [0.3, 0.4) is 0 Å². The van der Waals surface area contributed by atoms with Gasteiger partial charge in [-0.1, -0.05) is 18.6 Å². The van der Waals surface area contributed by atoms with Gasteiger partial charge in [0.15, 0.2) is 0 Å². The van der Waals surface area contributed by atoms with E-state index in [0.717, 1.165) is 25.2 Å². The van der Waals surface area contributed by atoms with Crippen molar-refractivity contribution in [1.29, 1.82) is 5.26 Å². The van der Waals surface area contributed by atoms with E-state index in [1.54, 1.807) is 0 Å². The molecule has 1 aliphatic heterocycles. The molecule has 1 saturated heterocycles. The third-order valence-corrected chi connectivity index (χ3v) is 4.35. The van der Waals surface area contributed by atoms with Crippen LogP contribution in [0, 0.1) is 18.3 Å². The summed E-state index contributed by atoms with van der Waals surface area (Å²) in [5.41, 5.74) is 3.18. The highest BCUT2D eigenvalue weighted by atomic mass is 15.3. The fraction of sp³-hybridized carbons (Fsp3) is 0.444. The van der Waals surface area contributed by atoms with Crippen LogP contribution in [0.4, 0.5) is 0 Å². The van der Waals surface area contributed by atoms with Gasteiger partial charge in [0.25, 0.3) is 0 Å². The second-order valence-electron chi connectivity index (χ2n) is 6.17. The lowest BCUT2D eigenvalue weighted by Crippen LogP contribution is -2.41. The average Bonchev–Trinajstić information content (AvgIpc) is 2.94. The molecule has 114 valence electrons. The molecule has 0 saturated carbocycles. The summed E-state index contributed by atoms with van der Waals surface area (Å²) in [5, 5.41) is 13.5. The maximum absolute atomic E-state index is 9.04. The van der Waals surface area contributed by atoms with Crippen LogP contribution in [-0.4, -0.2) is 27.3 Å². The van der Waals surface area contributed by atoms with Crippen molar-refractivity contribution in [3.8, 4) is 6.07 Å². The highest BCUT2D eigenvalue weighted by Crippen LogP contribution is 2.21. The molecule has 0 N–H and O–H groups in total. The van der Waals surface area contributed by atoms with Gasteiger partial charge in [0.05, 0.1) is 24.4 Å². The molecule has 0 bridgehead atoms. The van der Waals surface area contributed by atoms with Crippen molar-refractivity contribution in [2.45, 2.75) is 45.3 Å². The number of nitrogens with zero attached hydrogens (tertiary/aromatic N) is 4. The van der Waals surface area contributed by atoms with Gasteiger partial charge in [-0.2, -0.15) is 10.4 Å². The number of aryl methyl sites for hydroxylation is 1. The lowest BCUT2D eigenvalue weighted by Gasteiger charge is -2.35. The van der Waals surface area contributed by atoms with Gasteiger partial charge in [0.1, 0.15) is 0 Å². The molecule has 0 spiro atoms. The summed E-state index contributed by atoms with van der Waals surface area (Å²) in [6.45, 7) is 5.07. The van der Waals surface area contributed by atoms with Crippen LogP contribution < -0.4 is 0 Å². The van der Waals surface area contributed by atoms with Crippen LogP contribution in [0.25, 0.3) is 0 Å². The van der Waals surface area contributed by atoms with Crippen molar-refractivity contribution in [3.05, 3.63) is 53.3 Å². The molecule has 1 aromatic heterocycles. The fourth-order valence-electron chi connectivity index (χ4n) is 3.23. The van der Waals surface area contributed by atoms with E-state index < -0.39 is 0 Å². The Labute approximate surface area is 132 Å². The number of hydrogen-bond donors (Lipinski definition) is 0. The lowest BCUT2D eigenvalue weighted by molar-refractivity contribution is 0.122. The van der Waals surface area contributed by atoms with E-state index in [2.05, 4.69) is 39.9 Å². The molecule has 2 heterocycles. The Morgan fingerprint density at radius 1 is 1.36 bits per heavy atom. The first-order valence-electron chi connectivity index (χ1n) is 7.97. The molecule has 0 aliphatic carbocycles. The van der Waals surface area contributed by atoms with Crippen LogP contribution in [0.15, 0.2) is 36.7 Å². The van der Waals surface area contributed by atoms with Crippen LogP contribution in [0.1, 0.15) is 36.0 Å². The van der Waals surface area contributed by atoms with E-state index in [0.29, 0.717) is 6.04 Å². The highest BCUT2D eigenvalue weighted by molar-refractivity contribution is 5.32. The Morgan fingerprint density at radius 3 is 3.05 bits per heavy atom. The maximum atomic E-state index is 9.04. The SMILES string of the molecule is Cc1cnn(C[C@@H]2CCCCN2Cc2cccc(C#N)c2)c1. The molecule has 2 aromatic rings. The number of hydrogen-bond acceptors (Lipinski definition) is 3. The molecule has 0 unspecified atom stereocenters. The minimum atomic E-state index is 0.527. The standard InChI is InChI=1S/C18H22N4/c1-15-11-20-22(12-15)14-18-7-2-3-8-21(18)13-17-6-4-5-16(9-17)10-19/h4-6,9,11-12,18H,2-3,7-8,13-14H2,1H3/t18-/m0/s1. The summed E-state index contributed by atoms with van der Waals surface area (Å²) < 4.78 is 2.06. The van der Waals surface area contributed by atoms with Gasteiger partial charge in [-0.3, -0.25) is 9.58 Å². The van der Waals surface area contributed by atoms with Crippen LogP contribution in [0.5, 0.6) is 0 Å². The van der Waals surface area contributed by atoms with Crippen LogP contribution in [0.2, 0.25) is 0 Å². The smallest absolute Gasteiger partial charge is 0.0991 e. The topological polar surface area (TPSA) is 44.9 Å². The van der Waals surface area contributed by atoms with E-state index >= 15 is 0 Å². The van der Waals surface area contributed by atoms with Crippen LogP contribution in [-0.2, 0) is 13.1 Å². The quantitative estimate of drug-likeness (QED) is 0.870. The Hall–Kier alpha value is -2.12. The highest BCUT2D eigenvalue weighted by Gasteiger charge is 2.23. The molecule has 1 atom stereocenters. The first-order chi connectivity index (χ1) is 10.7. The molecule has 0 amide bonds. The van der Waals surface area contributed by atoms with E-state index in [-0.39, 0.29) is 0 Å². The van der Waals surface area contributed by atoms with Gasteiger partial charge in [-0.05, 0) is 49.6 Å². The minimum absolute atomic E-state index is 0.527. The number of nitriles is 1. The molecular weight excluding hydrogens is 272 g/mol. The van der Waals surface area contributed by atoms with E-state index in [1.807, 2.05) is 24.4 Å². The minimum Gasteiger partial charge on any atom is -0.294 e. The number of piperidine rings is 1. The summed E-state index contributed by atoms with van der Waals surface area (Å²) in [6, 6.07) is 10.7. The lowest BCUT2D eigenvalue weighted by atomic mass is 10.0. The van der Waals surface area contributed by atoms with Crippen molar-refractivity contribution in [1.82, 2.24) is 14.7 Å². The number of likely N-dealkylation sites (tertiary alicyclic amines) is 1. The van der Waals surface area contributed by atoms with Crippen molar-refractivity contribution >= 4 is 0 Å². The molecule has 4 nitrogen and oxygen atoms in total. The van der Waals surface area contributed by atoms with Crippen molar-refractivity contribution in [2.75, 3.05) is 6.54 Å². The zero-order valence-electron chi connectivity index (χ0n) is 13.1. The van der Waals surface area contributed by atoms with Gasteiger partial charge < -0.3 is 0 Å². The Morgan fingerprint density at radius 2 is 2.27 bits per heavy atom. The molecule has 4 heteroatoms.